The lowest BCUT2D eigenvalue weighted by Gasteiger charge is -2.48. The number of carbonyl (C=O) groups is 1. The number of carbonyl (C=O) groups excluding carboxylic acids is 1. The topological polar surface area (TPSA) is 44.8 Å². The lowest BCUT2D eigenvalue weighted by Crippen LogP contribution is -2.56. The minimum absolute atomic E-state index is 0.0341. The van der Waals surface area contributed by atoms with Gasteiger partial charge in [0.25, 0.3) is 0 Å². The Labute approximate surface area is 231 Å². The smallest absolute Gasteiger partial charge is 0.308 e. The summed E-state index contributed by atoms with van der Waals surface area (Å²) in [4.78, 5) is 12.5. The van der Waals surface area contributed by atoms with Gasteiger partial charge >= 0.3 is 5.97 Å². The lowest BCUT2D eigenvalue weighted by molar-refractivity contribution is -0.179. The molecule has 1 fully saturated rings. The van der Waals surface area contributed by atoms with Gasteiger partial charge in [-0.1, -0.05) is 88.4 Å². The number of rotatable bonds is 11. The van der Waals surface area contributed by atoms with Crippen LogP contribution in [0, 0.1) is 11.8 Å². The van der Waals surface area contributed by atoms with Gasteiger partial charge in [0, 0.05) is 11.8 Å². The van der Waals surface area contributed by atoms with Gasteiger partial charge < -0.3 is 13.6 Å². The lowest BCUT2D eigenvalue weighted by atomic mass is 9.77. The minimum atomic E-state index is -1.93. The standard InChI is InChI=1S/C28H51IO4Si2/c1-13-24-23(4)28(20-25(30)31-24,33-34(8,9)10)18-15-14-16-21(2)26(22(3)17-19-29)32-35(11,12)27(5,6)7/h14-17,19,22-24,26H,13,18,20H2,1-12H3/b15-14+,19-17-,21-16+/t22-,23-,24-,26+,28-/m0/s1. The summed E-state index contributed by atoms with van der Waals surface area (Å²) >= 11 is 2.29. The Bertz CT molecular complexity index is 792. The van der Waals surface area contributed by atoms with Crippen molar-refractivity contribution in [2.24, 2.45) is 11.8 Å². The third-order valence-electron chi connectivity index (χ3n) is 7.51. The fourth-order valence-electron chi connectivity index (χ4n) is 4.44. The van der Waals surface area contributed by atoms with Crippen molar-refractivity contribution < 1.29 is 18.4 Å². The largest absolute Gasteiger partial charge is 0.462 e. The van der Waals surface area contributed by atoms with E-state index in [1.54, 1.807) is 0 Å². The number of ether oxygens (including phenoxy) is 1. The molecule has 1 rings (SSSR count). The Balaban J connectivity index is 3.22. The van der Waals surface area contributed by atoms with Crippen molar-refractivity contribution in [1.82, 2.24) is 0 Å². The monoisotopic (exact) mass is 634 g/mol. The molecule has 1 saturated heterocycles. The maximum atomic E-state index is 12.5. The van der Waals surface area contributed by atoms with Gasteiger partial charge in [0.15, 0.2) is 16.6 Å². The summed E-state index contributed by atoms with van der Waals surface area (Å²) in [5, 5.41) is 0.150. The highest BCUT2D eigenvalue weighted by Crippen LogP contribution is 2.42. The average molecular weight is 635 g/mol. The van der Waals surface area contributed by atoms with Gasteiger partial charge in [0.05, 0.1) is 18.1 Å². The van der Waals surface area contributed by atoms with E-state index in [1.165, 1.54) is 5.57 Å². The van der Waals surface area contributed by atoms with Crippen LogP contribution >= 0.6 is 22.6 Å². The summed E-state index contributed by atoms with van der Waals surface area (Å²) < 4.78 is 21.4. The third kappa shape index (κ3) is 9.54. The van der Waals surface area contributed by atoms with E-state index in [1.807, 2.05) is 0 Å². The maximum absolute atomic E-state index is 12.5. The van der Waals surface area contributed by atoms with Crippen LogP contribution < -0.4 is 0 Å². The van der Waals surface area contributed by atoms with Gasteiger partial charge in [0.2, 0.25) is 0 Å². The zero-order valence-electron chi connectivity index (χ0n) is 24.3. The highest BCUT2D eigenvalue weighted by molar-refractivity contribution is 14.1. The molecule has 7 heteroatoms. The molecule has 0 aromatic heterocycles. The van der Waals surface area contributed by atoms with E-state index in [4.69, 9.17) is 13.6 Å². The second-order valence-electron chi connectivity index (χ2n) is 12.7. The Kier molecular flexibility index (Phi) is 12.2. The first-order chi connectivity index (χ1) is 15.9. The molecule has 5 atom stereocenters. The van der Waals surface area contributed by atoms with Crippen molar-refractivity contribution in [2.45, 2.75) is 123 Å². The molecule has 0 bridgehead atoms. The molecule has 1 aliphatic rings. The van der Waals surface area contributed by atoms with E-state index in [9.17, 15) is 4.79 Å². The van der Waals surface area contributed by atoms with Crippen LogP contribution in [0.1, 0.15) is 67.7 Å². The maximum Gasteiger partial charge on any atom is 0.308 e. The Morgan fingerprint density at radius 1 is 1.26 bits per heavy atom. The van der Waals surface area contributed by atoms with Crippen molar-refractivity contribution in [1.29, 1.82) is 0 Å². The highest BCUT2D eigenvalue weighted by Gasteiger charge is 2.49. The van der Waals surface area contributed by atoms with Crippen LogP contribution in [0.15, 0.2) is 34.0 Å². The van der Waals surface area contributed by atoms with Crippen LogP contribution in [0.4, 0.5) is 0 Å². The van der Waals surface area contributed by atoms with Crippen LogP contribution in [0.3, 0.4) is 0 Å². The van der Waals surface area contributed by atoms with Gasteiger partial charge in [-0.2, -0.15) is 0 Å². The number of cyclic esters (lactones) is 1. The van der Waals surface area contributed by atoms with E-state index >= 15 is 0 Å². The zero-order valence-corrected chi connectivity index (χ0v) is 28.5. The van der Waals surface area contributed by atoms with E-state index in [-0.39, 0.29) is 35.1 Å². The molecule has 0 aromatic rings. The van der Waals surface area contributed by atoms with E-state index < -0.39 is 22.2 Å². The van der Waals surface area contributed by atoms with Crippen LogP contribution in [-0.4, -0.2) is 40.4 Å². The van der Waals surface area contributed by atoms with Crippen LogP contribution in [0.25, 0.3) is 0 Å². The van der Waals surface area contributed by atoms with Gasteiger partial charge in [-0.3, -0.25) is 4.79 Å². The Morgan fingerprint density at radius 2 is 1.86 bits per heavy atom. The van der Waals surface area contributed by atoms with Crippen LogP contribution in [0.2, 0.25) is 37.8 Å². The molecule has 1 aliphatic heterocycles. The zero-order chi connectivity index (χ0) is 27.2. The molecule has 0 radical (unpaired) electrons. The molecule has 0 amide bonds. The van der Waals surface area contributed by atoms with Gasteiger partial charge in [-0.25, -0.2) is 0 Å². The second-order valence-corrected chi connectivity index (χ2v) is 22.6. The summed E-state index contributed by atoms with van der Waals surface area (Å²) in [6, 6.07) is 0. The quantitative estimate of drug-likeness (QED) is 0.0987. The highest BCUT2D eigenvalue weighted by atomic mass is 127. The molecule has 202 valence electrons. The normalized spacial score (nSPS) is 26.9. The average Bonchev–Trinajstić information content (AvgIpc) is 2.70. The summed E-state index contributed by atoms with van der Waals surface area (Å²) in [6.07, 6.45) is 10.5. The molecular formula is C28H51IO4Si2. The Morgan fingerprint density at radius 3 is 2.34 bits per heavy atom. The number of esters is 1. The van der Waals surface area contributed by atoms with E-state index in [2.05, 4.69) is 132 Å². The summed E-state index contributed by atoms with van der Waals surface area (Å²) in [5.41, 5.74) is 0.711. The minimum Gasteiger partial charge on any atom is -0.462 e. The molecule has 1 heterocycles. The first-order valence-corrected chi connectivity index (χ1v) is 20.6. The van der Waals surface area contributed by atoms with E-state index in [0.717, 1.165) is 6.42 Å². The van der Waals surface area contributed by atoms with Crippen LogP contribution in [-0.2, 0) is 18.4 Å². The first-order valence-electron chi connectivity index (χ1n) is 13.1. The summed E-state index contributed by atoms with van der Waals surface area (Å²) in [7, 11) is -3.81. The second kappa shape index (κ2) is 13.0. The number of halogens is 1. The molecule has 0 saturated carbocycles. The number of allylic oxidation sites excluding steroid dienone is 2. The van der Waals surface area contributed by atoms with Crippen molar-refractivity contribution >= 4 is 45.2 Å². The van der Waals surface area contributed by atoms with Crippen LogP contribution in [0.5, 0.6) is 0 Å². The fourth-order valence-corrected chi connectivity index (χ4v) is 8.04. The van der Waals surface area contributed by atoms with Gasteiger partial charge in [0.1, 0.15) is 6.10 Å². The molecule has 4 nitrogen and oxygen atoms in total. The predicted molar refractivity (Wildman–Crippen MR) is 163 cm³/mol. The number of hydrogen-bond donors (Lipinski definition) is 0. The summed E-state index contributed by atoms with van der Waals surface area (Å²) in [5.74, 6) is 0.288. The van der Waals surface area contributed by atoms with Gasteiger partial charge in [-0.05, 0) is 67.2 Å². The van der Waals surface area contributed by atoms with E-state index in [0.29, 0.717) is 12.8 Å². The fraction of sp³-hybridized carbons (Fsp3) is 0.750. The molecule has 0 aliphatic carbocycles. The third-order valence-corrected chi connectivity index (χ3v) is 13.4. The van der Waals surface area contributed by atoms with Crippen molar-refractivity contribution in [3.8, 4) is 0 Å². The molecule has 0 unspecified atom stereocenters. The van der Waals surface area contributed by atoms with Crippen molar-refractivity contribution in [2.75, 3.05) is 0 Å². The predicted octanol–water partition coefficient (Wildman–Crippen LogP) is 8.81. The Hall–Kier alpha value is -0.226. The molecular weight excluding hydrogens is 583 g/mol. The summed E-state index contributed by atoms with van der Waals surface area (Å²) in [6.45, 7) is 26.7. The molecule has 0 spiro atoms. The first kappa shape index (κ1) is 32.8. The number of hydrogen-bond acceptors (Lipinski definition) is 4. The van der Waals surface area contributed by atoms with Crippen molar-refractivity contribution in [3.05, 3.63) is 34.0 Å². The van der Waals surface area contributed by atoms with Gasteiger partial charge in [-0.15, -0.1) is 0 Å². The molecule has 0 aromatic carbocycles. The SMILES string of the molecule is CC[C@@H]1OC(=O)C[C@](C/C=C/C=C(\C)[C@@H](O[Si](C)(C)C(C)(C)C)[C@@H](C)/C=C\I)(O[Si](C)(C)C)[C@H]1C. The molecule has 35 heavy (non-hydrogen) atoms. The van der Waals surface area contributed by atoms with Crippen molar-refractivity contribution in [3.63, 3.8) is 0 Å². The molecule has 0 N–H and O–H groups in total.